The van der Waals surface area contributed by atoms with Crippen molar-refractivity contribution < 1.29 is 16.8 Å². The quantitative estimate of drug-likeness (QED) is 0.690. The SMILES string of the molecule is O=S(=O)(c1ccccc1)N(c1[c]cccc1)S(=O)(=O)c1ccccc1. The van der Waals surface area contributed by atoms with E-state index in [1.165, 1.54) is 60.7 Å². The molecule has 5 nitrogen and oxygen atoms in total. The molecule has 0 aliphatic heterocycles. The second-order valence-corrected chi connectivity index (χ2v) is 8.89. The fraction of sp³-hybridized carbons (Fsp3) is 0. The number of hydrogen-bond donors (Lipinski definition) is 0. The predicted molar refractivity (Wildman–Crippen MR) is 95.0 cm³/mol. The second-order valence-electron chi connectivity index (χ2n) is 5.08. The van der Waals surface area contributed by atoms with Gasteiger partial charge in [0.2, 0.25) is 0 Å². The summed E-state index contributed by atoms with van der Waals surface area (Å²) in [7, 11) is -8.69. The Morgan fingerprint density at radius 1 is 0.600 bits per heavy atom. The van der Waals surface area contributed by atoms with Crippen molar-refractivity contribution in [3.63, 3.8) is 0 Å². The van der Waals surface area contributed by atoms with E-state index < -0.39 is 20.0 Å². The average Bonchev–Trinajstić information content (AvgIpc) is 2.64. The zero-order chi connectivity index (χ0) is 17.9. The molecule has 0 aliphatic carbocycles. The van der Waals surface area contributed by atoms with Crippen LogP contribution in [-0.2, 0) is 20.0 Å². The van der Waals surface area contributed by atoms with E-state index in [9.17, 15) is 16.8 Å². The highest BCUT2D eigenvalue weighted by Gasteiger charge is 2.36. The third-order valence-corrected chi connectivity index (χ3v) is 7.59. The van der Waals surface area contributed by atoms with E-state index >= 15 is 0 Å². The van der Waals surface area contributed by atoms with Crippen LogP contribution in [0.25, 0.3) is 0 Å². The molecular weight excluding hydrogens is 358 g/mol. The summed E-state index contributed by atoms with van der Waals surface area (Å²) in [5.41, 5.74) is -0.0739. The van der Waals surface area contributed by atoms with E-state index in [1.807, 2.05) is 0 Å². The van der Waals surface area contributed by atoms with Crippen molar-refractivity contribution in [2.24, 2.45) is 0 Å². The van der Waals surface area contributed by atoms with Crippen LogP contribution in [0, 0.1) is 6.07 Å². The third kappa shape index (κ3) is 3.29. The van der Waals surface area contributed by atoms with Crippen molar-refractivity contribution in [3.8, 4) is 0 Å². The maximum Gasteiger partial charge on any atom is 0.277 e. The number of benzene rings is 3. The monoisotopic (exact) mass is 372 g/mol. The summed E-state index contributed by atoms with van der Waals surface area (Å²) in [6.07, 6.45) is 0. The van der Waals surface area contributed by atoms with Crippen LogP contribution in [0.5, 0.6) is 0 Å². The van der Waals surface area contributed by atoms with Gasteiger partial charge in [-0.15, -0.1) is 0 Å². The molecule has 0 heterocycles. The molecule has 3 aromatic rings. The largest absolute Gasteiger partial charge is 0.277 e. The average molecular weight is 372 g/mol. The molecule has 0 amide bonds. The third-order valence-electron chi connectivity index (χ3n) is 3.41. The molecule has 127 valence electrons. The first-order valence-corrected chi connectivity index (χ1v) is 10.2. The second kappa shape index (κ2) is 6.70. The first-order valence-electron chi connectivity index (χ1n) is 7.31. The van der Waals surface area contributed by atoms with E-state index in [1.54, 1.807) is 24.3 Å². The molecule has 0 aromatic heterocycles. The number of nitrogens with zero attached hydrogens (tertiary/aromatic N) is 1. The number of sulfonamides is 2. The van der Waals surface area contributed by atoms with Crippen molar-refractivity contribution in [3.05, 3.63) is 91.0 Å². The molecule has 1 radical (unpaired) electrons. The normalized spacial score (nSPS) is 11.8. The highest BCUT2D eigenvalue weighted by Crippen LogP contribution is 2.30. The topological polar surface area (TPSA) is 71.5 Å². The predicted octanol–water partition coefficient (Wildman–Crippen LogP) is 3.07. The Hall–Kier alpha value is -2.64. The van der Waals surface area contributed by atoms with Crippen LogP contribution in [0.4, 0.5) is 5.69 Å². The van der Waals surface area contributed by atoms with Gasteiger partial charge in [-0.2, -0.15) is 3.71 Å². The van der Waals surface area contributed by atoms with Gasteiger partial charge in [0.25, 0.3) is 20.0 Å². The van der Waals surface area contributed by atoms with Crippen LogP contribution in [0.15, 0.2) is 94.7 Å². The number of rotatable bonds is 5. The maximum absolute atomic E-state index is 13.1. The van der Waals surface area contributed by atoms with Crippen molar-refractivity contribution in [2.45, 2.75) is 9.79 Å². The first-order chi connectivity index (χ1) is 11.9. The summed E-state index contributed by atoms with van der Waals surface area (Å²) in [6, 6.07) is 23.6. The van der Waals surface area contributed by atoms with Gasteiger partial charge < -0.3 is 0 Å². The Labute approximate surface area is 147 Å². The van der Waals surface area contributed by atoms with Crippen LogP contribution in [0.2, 0.25) is 0 Å². The fourth-order valence-corrected chi connectivity index (χ4v) is 5.94. The Morgan fingerprint density at radius 2 is 1.04 bits per heavy atom. The lowest BCUT2D eigenvalue weighted by Crippen LogP contribution is -2.37. The lowest BCUT2D eigenvalue weighted by Gasteiger charge is -2.23. The molecule has 0 fully saturated rings. The maximum atomic E-state index is 13.1. The zero-order valence-corrected chi connectivity index (χ0v) is 14.6. The highest BCUT2D eigenvalue weighted by atomic mass is 32.3. The lowest BCUT2D eigenvalue weighted by molar-refractivity contribution is 0.584. The number of para-hydroxylation sites is 1. The van der Waals surface area contributed by atoms with Gasteiger partial charge >= 0.3 is 0 Å². The molecule has 0 spiro atoms. The van der Waals surface area contributed by atoms with Crippen molar-refractivity contribution >= 4 is 25.7 Å². The summed E-state index contributed by atoms with van der Waals surface area (Å²) >= 11 is 0. The van der Waals surface area contributed by atoms with Crippen molar-refractivity contribution in [2.75, 3.05) is 3.71 Å². The minimum Gasteiger partial charge on any atom is -0.200 e. The molecule has 0 aliphatic rings. The molecule has 0 bridgehead atoms. The summed E-state index contributed by atoms with van der Waals surface area (Å²) in [5, 5.41) is 0. The minimum atomic E-state index is -4.35. The molecule has 3 rings (SSSR count). The van der Waals surface area contributed by atoms with Gasteiger partial charge in [0.15, 0.2) is 0 Å². The summed E-state index contributed by atoms with van der Waals surface area (Å²) in [4.78, 5) is -0.237. The zero-order valence-electron chi connectivity index (χ0n) is 13.0. The summed E-state index contributed by atoms with van der Waals surface area (Å²) < 4.78 is 52.7. The van der Waals surface area contributed by atoms with Gasteiger partial charge in [0, 0.05) is 6.07 Å². The van der Waals surface area contributed by atoms with Crippen molar-refractivity contribution in [1.29, 1.82) is 0 Å². The molecular formula is C18H14NO4S2. The Morgan fingerprint density at radius 3 is 1.44 bits per heavy atom. The van der Waals surface area contributed by atoms with Gasteiger partial charge in [-0.25, -0.2) is 16.8 Å². The van der Waals surface area contributed by atoms with Gasteiger partial charge in [0.05, 0.1) is 15.5 Å². The summed E-state index contributed by atoms with van der Waals surface area (Å²) in [6.45, 7) is 0. The lowest BCUT2D eigenvalue weighted by atomic mass is 10.3. The molecule has 0 saturated carbocycles. The van der Waals surface area contributed by atoms with E-state index in [4.69, 9.17) is 0 Å². The van der Waals surface area contributed by atoms with Crippen molar-refractivity contribution in [1.82, 2.24) is 0 Å². The van der Waals surface area contributed by atoms with Crippen LogP contribution >= 0.6 is 0 Å². The van der Waals surface area contributed by atoms with Gasteiger partial charge in [0.1, 0.15) is 0 Å². The van der Waals surface area contributed by atoms with Gasteiger partial charge in [-0.3, -0.25) is 0 Å². The number of anilines is 1. The standard InChI is InChI=1S/C18H14NO4S2/c20-24(21,17-12-6-2-7-13-17)19(16-10-4-1-5-11-16)25(22,23)18-14-8-3-9-15-18/h1-10,12-15H. The Bertz CT molecular complexity index is 980. The van der Waals surface area contributed by atoms with E-state index in [-0.39, 0.29) is 15.5 Å². The smallest absolute Gasteiger partial charge is 0.200 e. The fourth-order valence-electron chi connectivity index (χ4n) is 2.26. The molecule has 0 unspecified atom stereocenters. The molecule has 7 heteroatoms. The highest BCUT2D eigenvalue weighted by molar-refractivity contribution is 8.10. The van der Waals surface area contributed by atoms with Crippen LogP contribution in [0.1, 0.15) is 0 Å². The molecule has 0 saturated heterocycles. The first kappa shape index (κ1) is 17.2. The summed E-state index contributed by atoms with van der Waals surface area (Å²) in [5.74, 6) is 0. The van der Waals surface area contributed by atoms with Crippen LogP contribution in [-0.4, -0.2) is 16.8 Å². The number of hydrogen-bond acceptors (Lipinski definition) is 4. The Balaban J connectivity index is 2.26. The molecule has 0 N–H and O–H groups in total. The molecule has 3 aromatic carbocycles. The Kier molecular flexibility index (Phi) is 4.61. The molecule has 25 heavy (non-hydrogen) atoms. The van der Waals surface area contributed by atoms with E-state index in [0.717, 1.165) is 0 Å². The van der Waals surface area contributed by atoms with Crippen LogP contribution < -0.4 is 3.71 Å². The van der Waals surface area contributed by atoms with Gasteiger partial charge in [-0.05, 0) is 30.3 Å². The van der Waals surface area contributed by atoms with Crippen LogP contribution in [0.3, 0.4) is 0 Å². The van der Waals surface area contributed by atoms with E-state index in [2.05, 4.69) is 6.07 Å². The molecule has 0 atom stereocenters. The van der Waals surface area contributed by atoms with Gasteiger partial charge in [-0.1, -0.05) is 54.6 Å². The van der Waals surface area contributed by atoms with E-state index in [0.29, 0.717) is 3.71 Å². The minimum absolute atomic E-state index is 0.0739.